The fourth-order valence-electron chi connectivity index (χ4n) is 7.78. The van der Waals surface area contributed by atoms with Gasteiger partial charge in [0.1, 0.15) is 11.3 Å². The Hall–Kier alpha value is -4.72. The van der Waals surface area contributed by atoms with Crippen molar-refractivity contribution in [2.45, 2.75) is 0 Å². The van der Waals surface area contributed by atoms with E-state index in [2.05, 4.69) is 12.1 Å². The second-order valence-corrected chi connectivity index (χ2v) is 13.4. The summed E-state index contributed by atoms with van der Waals surface area (Å²) in [5.74, 6) is 0. The molecular formula is C36H12Cl4N4O2. The number of nitrogens with zero attached hydrogens (tertiary/aromatic N) is 4. The van der Waals surface area contributed by atoms with E-state index in [1.807, 2.05) is 36.4 Å². The Balaban J connectivity index is 1.35. The highest BCUT2D eigenvalue weighted by atomic mass is 35.5. The second-order valence-electron chi connectivity index (χ2n) is 11.8. The Bertz CT molecular complexity index is 3110. The van der Waals surface area contributed by atoms with Crippen LogP contribution in [0.15, 0.2) is 82.4 Å². The van der Waals surface area contributed by atoms with E-state index < -0.39 is 0 Å². The van der Waals surface area contributed by atoms with Crippen LogP contribution in [0.4, 0.5) is 0 Å². The SMILES string of the molecule is O=c1c2ccc3c4ccc5c6c(ccc(c7ccc(c2c37)c2nc3cc(Cl)c(Cl)cc3n12)c46)c(=O)n1c2cc(Cl)c(Cl)cc2nc51. The minimum atomic E-state index is -0.173. The monoisotopic (exact) mass is 672 g/mol. The van der Waals surface area contributed by atoms with Crippen molar-refractivity contribution in [1.29, 1.82) is 0 Å². The maximum absolute atomic E-state index is 14.1. The lowest BCUT2D eigenvalue weighted by Gasteiger charge is -2.18. The molecule has 11 aromatic rings. The molecule has 0 radical (unpaired) electrons. The van der Waals surface area contributed by atoms with Crippen LogP contribution in [-0.4, -0.2) is 18.8 Å². The van der Waals surface area contributed by atoms with Gasteiger partial charge >= 0.3 is 0 Å². The van der Waals surface area contributed by atoms with E-state index in [1.165, 1.54) is 0 Å². The van der Waals surface area contributed by atoms with Crippen LogP contribution in [-0.2, 0) is 0 Å². The highest BCUT2D eigenvalue weighted by Gasteiger charge is 2.24. The van der Waals surface area contributed by atoms with Gasteiger partial charge in [-0.25, -0.2) is 9.97 Å². The Morgan fingerprint density at radius 1 is 0.413 bits per heavy atom. The van der Waals surface area contributed by atoms with Crippen molar-refractivity contribution in [3.05, 3.63) is 114 Å². The molecule has 10 heteroatoms. The molecular weight excluding hydrogens is 662 g/mol. The molecule has 0 saturated carbocycles. The third kappa shape index (κ3) is 2.80. The number of rotatable bonds is 0. The summed E-state index contributed by atoms with van der Waals surface area (Å²) in [6.45, 7) is 0. The van der Waals surface area contributed by atoms with Gasteiger partial charge in [-0.3, -0.25) is 18.4 Å². The molecule has 0 N–H and O–H groups in total. The van der Waals surface area contributed by atoms with Crippen LogP contribution in [0.3, 0.4) is 0 Å². The van der Waals surface area contributed by atoms with Crippen molar-refractivity contribution in [2.75, 3.05) is 0 Å². The average Bonchev–Trinajstić information content (AvgIpc) is 3.60. The lowest BCUT2D eigenvalue weighted by molar-refractivity contribution is 1.19. The Morgan fingerprint density at radius 2 is 0.717 bits per heavy atom. The van der Waals surface area contributed by atoms with Crippen LogP contribution >= 0.6 is 46.4 Å². The van der Waals surface area contributed by atoms with Gasteiger partial charge in [-0.2, -0.15) is 0 Å². The molecule has 0 spiro atoms. The Kier molecular flexibility index (Phi) is 4.52. The first-order valence-corrected chi connectivity index (χ1v) is 15.9. The lowest BCUT2D eigenvalue weighted by atomic mass is 9.86. The van der Waals surface area contributed by atoms with E-state index in [0.29, 0.717) is 64.2 Å². The summed E-state index contributed by atoms with van der Waals surface area (Å²) >= 11 is 25.3. The topological polar surface area (TPSA) is 68.7 Å². The third-order valence-corrected chi connectivity index (χ3v) is 11.1. The Labute approximate surface area is 275 Å². The van der Waals surface area contributed by atoms with Gasteiger partial charge in [0.05, 0.1) is 42.2 Å². The summed E-state index contributed by atoms with van der Waals surface area (Å²) < 4.78 is 3.24. The highest BCUT2D eigenvalue weighted by Crippen LogP contribution is 2.46. The molecule has 7 aromatic carbocycles. The largest absolute Gasteiger partial charge is 0.268 e. The van der Waals surface area contributed by atoms with Gasteiger partial charge in [-0.05, 0) is 80.8 Å². The minimum Gasteiger partial charge on any atom is -0.268 e. The number of benzene rings is 7. The molecule has 0 bridgehead atoms. The first kappa shape index (κ1) is 25.5. The molecule has 0 aliphatic heterocycles. The summed E-state index contributed by atoms with van der Waals surface area (Å²) in [6.07, 6.45) is 0. The maximum Gasteiger partial charge on any atom is 0.264 e. The number of pyridine rings is 2. The zero-order chi connectivity index (χ0) is 30.9. The summed E-state index contributed by atoms with van der Waals surface area (Å²) in [6, 6.07) is 22.8. The van der Waals surface area contributed by atoms with E-state index in [4.69, 9.17) is 56.4 Å². The molecule has 4 aromatic heterocycles. The number of aromatic nitrogens is 4. The number of imidazole rings is 2. The van der Waals surface area contributed by atoms with Crippen LogP contribution < -0.4 is 11.1 Å². The van der Waals surface area contributed by atoms with Gasteiger partial charge in [0.25, 0.3) is 11.1 Å². The molecule has 216 valence electrons. The van der Waals surface area contributed by atoms with Gasteiger partial charge in [0, 0.05) is 32.3 Å². The molecule has 0 aliphatic carbocycles. The van der Waals surface area contributed by atoms with E-state index in [9.17, 15) is 9.59 Å². The first-order valence-electron chi connectivity index (χ1n) is 14.4. The van der Waals surface area contributed by atoms with E-state index >= 15 is 0 Å². The molecule has 4 heterocycles. The number of hydrogen-bond acceptors (Lipinski definition) is 4. The van der Waals surface area contributed by atoms with Crippen molar-refractivity contribution in [3.8, 4) is 0 Å². The van der Waals surface area contributed by atoms with E-state index in [-0.39, 0.29) is 11.1 Å². The van der Waals surface area contributed by atoms with Crippen LogP contribution in [0, 0.1) is 0 Å². The van der Waals surface area contributed by atoms with Crippen molar-refractivity contribution in [2.24, 2.45) is 0 Å². The molecule has 6 nitrogen and oxygen atoms in total. The van der Waals surface area contributed by atoms with E-state index in [1.54, 1.807) is 33.1 Å². The second kappa shape index (κ2) is 8.16. The molecule has 0 fully saturated rings. The minimum absolute atomic E-state index is 0.173. The standard InChI is InChI=1S/C36H12Cl4N4O2/c37-21-9-25-27(11-23(21)39)43-33(41-25)17-5-1-13-15-3-7-20-32-18(34-42-26-10-22(38)24(40)12-28(26)44(34)36(20)46)6-2-14(30(15)32)16-4-8-19(35(43)45)31(17)29(13)16/h1-12H. The summed E-state index contributed by atoms with van der Waals surface area (Å²) in [5, 5.41) is 12.0. The average molecular weight is 674 g/mol. The van der Waals surface area contributed by atoms with Crippen molar-refractivity contribution < 1.29 is 0 Å². The molecule has 0 amide bonds. The highest BCUT2D eigenvalue weighted by molar-refractivity contribution is 6.44. The number of hydrogen-bond donors (Lipinski definition) is 0. The van der Waals surface area contributed by atoms with Crippen molar-refractivity contribution in [3.63, 3.8) is 0 Å². The summed E-state index contributed by atoms with van der Waals surface area (Å²) in [5.41, 5.74) is 3.17. The fourth-order valence-corrected chi connectivity index (χ4v) is 8.41. The predicted molar refractivity (Wildman–Crippen MR) is 190 cm³/mol. The van der Waals surface area contributed by atoms with Gasteiger partial charge in [-0.15, -0.1) is 0 Å². The summed E-state index contributed by atoms with van der Waals surface area (Å²) in [4.78, 5) is 37.9. The van der Waals surface area contributed by atoms with Gasteiger partial charge in [-0.1, -0.05) is 70.7 Å². The normalized spacial score (nSPS) is 13.0. The zero-order valence-electron chi connectivity index (χ0n) is 23.0. The van der Waals surface area contributed by atoms with Crippen LogP contribution in [0.5, 0.6) is 0 Å². The lowest BCUT2D eigenvalue weighted by Crippen LogP contribution is -2.14. The fraction of sp³-hybridized carbons (Fsp3) is 0. The third-order valence-electron chi connectivity index (χ3n) is 9.64. The van der Waals surface area contributed by atoms with Gasteiger partial charge in [0.15, 0.2) is 0 Å². The molecule has 46 heavy (non-hydrogen) atoms. The van der Waals surface area contributed by atoms with Gasteiger partial charge < -0.3 is 0 Å². The molecule has 11 rings (SSSR count). The van der Waals surface area contributed by atoms with E-state index in [0.717, 1.165) is 53.9 Å². The quantitative estimate of drug-likeness (QED) is 0.119. The van der Waals surface area contributed by atoms with Crippen molar-refractivity contribution >= 4 is 144 Å². The van der Waals surface area contributed by atoms with Crippen LogP contribution in [0.2, 0.25) is 20.1 Å². The number of fused-ring (bicyclic) bond motifs is 10. The molecule has 0 saturated heterocycles. The molecule has 0 unspecified atom stereocenters. The van der Waals surface area contributed by atoms with Crippen LogP contribution in [0.1, 0.15) is 0 Å². The number of halogens is 4. The van der Waals surface area contributed by atoms with Crippen molar-refractivity contribution in [1.82, 2.24) is 18.8 Å². The van der Waals surface area contributed by atoms with Crippen LogP contribution in [0.25, 0.3) is 98.0 Å². The molecule has 0 aliphatic rings. The molecule has 0 atom stereocenters. The summed E-state index contributed by atoms with van der Waals surface area (Å²) in [7, 11) is 0. The smallest absolute Gasteiger partial charge is 0.264 e. The van der Waals surface area contributed by atoms with Gasteiger partial charge in [0.2, 0.25) is 0 Å². The first-order chi connectivity index (χ1) is 22.3. The predicted octanol–water partition coefficient (Wildman–Crippen LogP) is 9.85. The maximum atomic E-state index is 14.1. The zero-order valence-corrected chi connectivity index (χ0v) is 26.1. The Morgan fingerprint density at radius 3 is 1.11 bits per heavy atom.